The summed E-state index contributed by atoms with van der Waals surface area (Å²) in [6, 6.07) is 6.14. The highest BCUT2D eigenvalue weighted by Gasteiger charge is 2.34. The lowest BCUT2D eigenvalue weighted by atomic mass is 9.96. The lowest BCUT2D eigenvalue weighted by molar-refractivity contribution is 0.415. The number of nitrogens with one attached hydrogen (secondary N) is 2. The van der Waals surface area contributed by atoms with E-state index in [1.54, 1.807) is 0 Å². The molecule has 5 nitrogen and oxygen atoms in total. The van der Waals surface area contributed by atoms with Gasteiger partial charge in [-0.2, -0.15) is 5.26 Å². The highest BCUT2D eigenvalue weighted by Crippen LogP contribution is 2.43. The van der Waals surface area contributed by atoms with E-state index in [9.17, 15) is 14.0 Å². The van der Waals surface area contributed by atoms with Gasteiger partial charge in [0.25, 0.3) is 0 Å². The van der Waals surface area contributed by atoms with E-state index in [-0.39, 0.29) is 11.1 Å². The Hall–Kier alpha value is -3.24. The minimum atomic E-state index is -0.634. The van der Waals surface area contributed by atoms with Gasteiger partial charge in [-0.15, -0.1) is 0 Å². The number of nitriles is 1. The standard InChI is InChI=1S/C22H18F2N4O/c1-29-18-3-2-14(23)6-15(18)19-17(24)10-27-22-20(19)16(7-25)21(28-22)11-4-12-8-26-9-13(12)5-11/h2-4,6,10,12-13,26H,5,8-9H2,1H3,(H,27,28). The Labute approximate surface area is 166 Å². The molecular weight excluding hydrogens is 374 g/mol. The first-order valence-corrected chi connectivity index (χ1v) is 9.46. The summed E-state index contributed by atoms with van der Waals surface area (Å²) in [5.74, 6) is 0.124. The first-order chi connectivity index (χ1) is 14.1. The molecule has 0 amide bonds. The second-order valence-electron chi connectivity index (χ2n) is 7.51. The first kappa shape index (κ1) is 17.8. The molecule has 2 atom stereocenters. The Balaban J connectivity index is 1.77. The number of rotatable bonds is 3. The molecular formula is C22H18F2N4O. The van der Waals surface area contributed by atoms with Crippen LogP contribution in [-0.2, 0) is 0 Å². The Kier molecular flexibility index (Phi) is 4.10. The van der Waals surface area contributed by atoms with Crippen LogP contribution in [0.5, 0.6) is 5.75 Å². The summed E-state index contributed by atoms with van der Waals surface area (Å²) in [5.41, 5.74) is 2.81. The van der Waals surface area contributed by atoms with E-state index in [0.29, 0.717) is 39.9 Å². The highest BCUT2D eigenvalue weighted by atomic mass is 19.1. The molecule has 0 saturated carbocycles. The van der Waals surface area contributed by atoms with Crippen molar-refractivity contribution in [2.45, 2.75) is 6.42 Å². The predicted octanol–water partition coefficient (Wildman–Crippen LogP) is 4.01. The Morgan fingerprint density at radius 2 is 2.14 bits per heavy atom. The zero-order valence-corrected chi connectivity index (χ0v) is 15.7. The number of nitrogens with zero attached hydrogens (tertiary/aromatic N) is 2. The zero-order valence-electron chi connectivity index (χ0n) is 15.7. The highest BCUT2D eigenvalue weighted by molar-refractivity contribution is 6.02. The smallest absolute Gasteiger partial charge is 0.150 e. The number of hydrogen-bond donors (Lipinski definition) is 2. The summed E-state index contributed by atoms with van der Waals surface area (Å²) < 4.78 is 34.3. The quantitative estimate of drug-likeness (QED) is 0.706. The molecule has 2 aromatic heterocycles. The summed E-state index contributed by atoms with van der Waals surface area (Å²) in [4.78, 5) is 7.37. The fraction of sp³-hybridized carbons (Fsp3) is 0.273. The van der Waals surface area contributed by atoms with Crippen LogP contribution in [0.3, 0.4) is 0 Å². The minimum Gasteiger partial charge on any atom is -0.496 e. The van der Waals surface area contributed by atoms with Gasteiger partial charge in [0.1, 0.15) is 29.1 Å². The van der Waals surface area contributed by atoms with Crippen molar-refractivity contribution in [1.29, 1.82) is 5.26 Å². The van der Waals surface area contributed by atoms with Crippen molar-refractivity contribution in [3.63, 3.8) is 0 Å². The number of allylic oxidation sites excluding steroid dienone is 1. The van der Waals surface area contributed by atoms with Gasteiger partial charge >= 0.3 is 0 Å². The van der Waals surface area contributed by atoms with Crippen LogP contribution in [-0.4, -0.2) is 30.2 Å². The molecule has 1 saturated heterocycles. The lowest BCUT2D eigenvalue weighted by Crippen LogP contribution is -2.09. The number of hydrogen-bond acceptors (Lipinski definition) is 4. The molecule has 1 aliphatic heterocycles. The van der Waals surface area contributed by atoms with E-state index < -0.39 is 11.6 Å². The van der Waals surface area contributed by atoms with E-state index in [4.69, 9.17) is 4.74 Å². The van der Waals surface area contributed by atoms with Crippen LogP contribution >= 0.6 is 0 Å². The molecule has 7 heteroatoms. The normalized spacial score (nSPS) is 20.6. The van der Waals surface area contributed by atoms with Crippen molar-refractivity contribution in [3.05, 3.63) is 53.4 Å². The molecule has 2 aliphatic rings. The van der Waals surface area contributed by atoms with Crippen LogP contribution in [0.15, 0.2) is 30.5 Å². The monoisotopic (exact) mass is 392 g/mol. The number of benzene rings is 1. The van der Waals surface area contributed by atoms with E-state index in [2.05, 4.69) is 27.4 Å². The molecule has 0 radical (unpaired) electrons. The topological polar surface area (TPSA) is 73.7 Å². The molecule has 1 fully saturated rings. The number of H-pyrrole nitrogens is 1. The zero-order chi connectivity index (χ0) is 20.1. The van der Waals surface area contributed by atoms with Crippen LogP contribution in [0, 0.1) is 34.8 Å². The number of aromatic amines is 1. The fourth-order valence-electron chi connectivity index (χ4n) is 4.59. The summed E-state index contributed by atoms with van der Waals surface area (Å²) in [6.45, 7) is 1.88. The molecule has 1 aliphatic carbocycles. The van der Waals surface area contributed by atoms with Crippen molar-refractivity contribution in [2.75, 3.05) is 20.2 Å². The molecule has 29 heavy (non-hydrogen) atoms. The maximum absolute atomic E-state index is 15.0. The second-order valence-corrected chi connectivity index (χ2v) is 7.51. The third kappa shape index (κ3) is 2.71. The molecule has 3 heterocycles. The number of aromatic nitrogens is 2. The van der Waals surface area contributed by atoms with Crippen LogP contribution in [0.1, 0.15) is 17.7 Å². The van der Waals surface area contributed by atoms with Gasteiger partial charge in [-0.1, -0.05) is 6.08 Å². The van der Waals surface area contributed by atoms with Gasteiger partial charge in [-0.05, 0) is 48.6 Å². The van der Waals surface area contributed by atoms with E-state index >= 15 is 0 Å². The second kappa shape index (κ2) is 6.68. The first-order valence-electron chi connectivity index (χ1n) is 9.46. The van der Waals surface area contributed by atoms with E-state index in [1.165, 1.54) is 25.3 Å². The van der Waals surface area contributed by atoms with Crippen molar-refractivity contribution in [2.24, 2.45) is 11.8 Å². The predicted molar refractivity (Wildman–Crippen MR) is 105 cm³/mol. The number of fused-ring (bicyclic) bond motifs is 2. The number of halogens is 2. The number of methoxy groups -OCH3 is 1. The number of ether oxygens (including phenoxy) is 1. The third-order valence-electron chi connectivity index (χ3n) is 5.93. The van der Waals surface area contributed by atoms with E-state index in [1.807, 2.05) is 0 Å². The Morgan fingerprint density at radius 1 is 1.28 bits per heavy atom. The summed E-state index contributed by atoms with van der Waals surface area (Å²) >= 11 is 0. The maximum Gasteiger partial charge on any atom is 0.150 e. The molecule has 3 aromatic rings. The lowest BCUT2D eigenvalue weighted by Gasteiger charge is -2.11. The minimum absolute atomic E-state index is 0.117. The fourth-order valence-corrected chi connectivity index (χ4v) is 4.59. The van der Waals surface area contributed by atoms with Gasteiger partial charge in [0.2, 0.25) is 0 Å². The Morgan fingerprint density at radius 3 is 2.90 bits per heavy atom. The molecule has 5 rings (SSSR count). The molecule has 0 spiro atoms. The van der Waals surface area contributed by atoms with Crippen LogP contribution < -0.4 is 10.1 Å². The van der Waals surface area contributed by atoms with Gasteiger partial charge in [0.15, 0.2) is 0 Å². The van der Waals surface area contributed by atoms with E-state index in [0.717, 1.165) is 31.3 Å². The van der Waals surface area contributed by atoms with Crippen molar-refractivity contribution in [3.8, 4) is 22.9 Å². The molecule has 1 aromatic carbocycles. The van der Waals surface area contributed by atoms with Crippen molar-refractivity contribution in [1.82, 2.24) is 15.3 Å². The average Bonchev–Trinajstić information content (AvgIpc) is 3.40. The molecule has 0 bridgehead atoms. The van der Waals surface area contributed by atoms with Gasteiger partial charge in [-0.3, -0.25) is 0 Å². The molecule has 2 N–H and O–H groups in total. The Bertz CT molecular complexity index is 1210. The van der Waals surface area contributed by atoms with Crippen LogP contribution in [0.2, 0.25) is 0 Å². The number of pyridine rings is 1. The van der Waals surface area contributed by atoms with Gasteiger partial charge < -0.3 is 15.0 Å². The SMILES string of the molecule is COc1ccc(F)cc1-c1c(F)cnc2[nH]c(C3=CC4CNCC4C3)c(C#N)c12. The summed E-state index contributed by atoms with van der Waals surface area (Å²) in [7, 11) is 1.44. The largest absolute Gasteiger partial charge is 0.496 e. The maximum atomic E-state index is 15.0. The van der Waals surface area contributed by atoms with Crippen LogP contribution in [0.25, 0.3) is 27.7 Å². The van der Waals surface area contributed by atoms with Crippen molar-refractivity contribution >= 4 is 16.6 Å². The van der Waals surface area contributed by atoms with Crippen molar-refractivity contribution < 1.29 is 13.5 Å². The third-order valence-corrected chi connectivity index (χ3v) is 5.93. The van der Waals surface area contributed by atoms with Gasteiger partial charge in [-0.25, -0.2) is 13.8 Å². The van der Waals surface area contributed by atoms with Gasteiger partial charge in [0, 0.05) is 23.1 Å². The summed E-state index contributed by atoms with van der Waals surface area (Å²) in [6.07, 6.45) is 4.13. The molecule has 146 valence electrons. The average molecular weight is 392 g/mol. The van der Waals surface area contributed by atoms with Crippen LogP contribution in [0.4, 0.5) is 8.78 Å². The van der Waals surface area contributed by atoms with Gasteiger partial charge in [0.05, 0.1) is 24.6 Å². The summed E-state index contributed by atoms with van der Waals surface area (Å²) in [5, 5.41) is 13.7. The molecule has 2 unspecified atom stereocenters.